The van der Waals surface area contributed by atoms with E-state index in [0.717, 1.165) is 6.54 Å². The van der Waals surface area contributed by atoms with Crippen LogP contribution < -0.4 is 11.2 Å². The lowest BCUT2D eigenvalue weighted by Crippen LogP contribution is -2.32. The standard InChI is InChI=1S/C7H17N3/c1-4-9-5-6-10(8)7(2)3/h5-7,9H,4,8H2,1-3H3/b6-5-. The van der Waals surface area contributed by atoms with E-state index in [0.29, 0.717) is 6.04 Å². The van der Waals surface area contributed by atoms with Crippen molar-refractivity contribution in [1.29, 1.82) is 0 Å². The molecule has 0 rings (SSSR count). The summed E-state index contributed by atoms with van der Waals surface area (Å²) < 4.78 is 0. The first kappa shape index (κ1) is 9.30. The van der Waals surface area contributed by atoms with E-state index in [2.05, 4.69) is 5.32 Å². The molecule has 0 saturated heterocycles. The zero-order valence-corrected chi connectivity index (χ0v) is 6.96. The molecule has 0 aromatic carbocycles. The molecule has 3 nitrogen and oxygen atoms in total. The number of hydrogen-bond acceptors (Lipinski definition) is 3. The molecule has 0 atom stereocenters. The average molecular weight is 143 g/mol. The molecule has 3 N–H and O–H groups in total. The smallest absolute Gasteiger partial charge is 0.0389 e. The third-order valence-electron chi connectivity index (χ3n) is 1.16. The number of rotatable bonds is 4. The second kappa shape index (κ2) is 5.11. The van der Waals surface area contributed by atoms with Gasteiger partial charge in [-0.2, -0.15) is 0 Å². The van der Waals surface area contributed by atoms with Crippen molar-refractivity contribution in [2.45, 2.75) is 26.8 Å². The molecule has 0 aromatic rings. The van der Waals surface area contributed by atoms with Gasteiger partial charge in [0.15, 0.2) is 0 Å². The van der Waals surface area contributed by atoms with Crippen LogP contribution in [0.15, 0.2) is 12.4 Å². The van der Waals surface area contributed by atoms with E-state index in [-0.39, 0.29) is 0 Å². The Hall–Kier alpha value is -0.700. The van der Waals surface area contributed by atoms with Crippen molar-refractivity contribution in [3.05, 3.63) is 12.4 Å². The van der Waals surface area contributed by atoms with Crippen molar-refractivity contribution in [2.24, 2.45) is 5.84 Å². The third-order valence-corrected chi connectivity index (χ3v) is 1.16. The highest BCUT2D eigenvalue weighted by molar-refractivity contribution is 4.78. The van der Waals surface area contributed by atoms with Gasteiger partial charge < -0.3 is 10.3 Å². The quantitative estimate of drug-likeness (QED) is 0.448. The SMILES string of the molecule is CCN/C=C\N(N)C(C)C. The molecule has 0 aliphatic rings. The molecule has 0 spiro atoms. The largest absolute Gasteiger partial charge is 0.390 e. The van der Waals surface area contributed by atoms with Gasteiger partial charge >= 0.3 is 0 Å². The molecule has 0 heterocycles. The van der Waals surface area contributed by atoms with Crippen LogP contribution in [0.1, 0.15) is 20.8 Å². The second-order valence-electron chi connectivity index (χ2n) is 2.41. The van der Waals surface area contributed by atoms with Gasteiger partial charge in [-0.05, 0) is 20.8 Å². The molecule has 0 unspecified atom stereocenters. The van der Waals surface area contributed by atoms with Crippen LogP contribution in [-0.4, -0.2) is 17.6 Å². The summed E-state index contributed by atoms with van der Waals surface area (Å²) in [5, 5.41) is 4.69. The number of nitrogens with zero attached hydrogens (tertiary/aromatic N) is 1. The molecule has 60 valence electrons. The fourth-order valence-corrected chi connectivity index (χ4v) is 0.429. The van der Waals surface area contributed by atoms with Crippen molar-refractivity contribution < 1.29 is 0 Å². The Morgan fingerprint density at radius 1 is 1.60 bits per heavy atom. The van der Waals surface area contributed by atoms with Crippen LogP contribution in [-0.2, 0) is 0 Å². The zero-order valence-electron chi connectivity index (χ0n) is 6.96. The van der Waals surface area contributed by atoms with E-state index in [1.165, 1.54) is 0 Å². The third kappa shape index (κ3) is 4.21. The van der Waals surface area contributed by atoms with E-state index in [1.807, 2.05) is 33.2 Å². The Morgan fingerprint density at radius 2 is 2.20 bits per heavy atom. The molecular formula is C7H17N3. The van der Waals surface area contributed by atoms with Crippen LogP contribution >= 0.6 is 0 Å². The summed E-state index contributed by atoms with van der Waals surface area (Å²) in [5.74, 6) is 5.56. The first-order chi connectivity index (χ1) is 4.68. The van der Waals surface area contributed by atoms with Gasteiger partial charge in [-0.3, -0.25) is 0 Å². The molecule has 3 heteroatoms. The topological polar surface area (TPSA) is 41.3 Å². The summed E-state index contributed by atoms with van der Waals surface area (Å²) in [4.78, 5) is 0. The Morgan fingerprint density at radius 3 is 2.60 bits per heavy atom. The number of hydrogen-bond donors (Lipinski definition) is 2. The lowest BCUT2D eigenvalue weighted by Gasteiger charge is -2.17. The molecule has 0 aliphatic carbocycles. The zero-order chi connectivity index (χ0) is 7.98. The van der Waals surface area contributed by atoms with Crippen LogP contribution in [0.4, 0.5) is 0 Å². The molecule has 0 fully saturated rings. The molecule has 0 bridgehead atoms. The predicted octanol–water partition coefficient (Wildman–Crippen LogP) is 0.651. The molecule has 10 heavy (non-hydrogen) atoms. The van der Waals surface area contributed by atoms with Crippen molar-refractivity contribution in [3.63, 3.8) is 0 Å². The molecule has 0 radical (unpaired) electrons. The van der Waals surface area contributed by atoms with E-state index in [1.54, 1.807) is 5.01 Å². The van der Waals surface area contributed by atoms with Crippen molar-refractivity contribution in [1.82, 2.24) is 10.3 Å². The minimum absolute atomic E-state index is 0.356. The average Bonchev–Trinajstić information content (AvgIpc) is 1.88. The van der Waals surface area contributed by atoms with Crippen LogP contribution in [0, 0.1) is 0 Å². The fraction of sp³-hybridized carbons (Fsp3) is 0.714. The fourth-order valence-electron chi connectivity index (χ4n) is 0.429. The van der Waals surface area contributed by atoms with Gasteiger partial charge in [-0.15, -0.1) is 0 Å². The highest BCUT2D eigenvalue weighted by Gasteiger charge is 1.94. The summed E-state index contributed by atoms with van der Waals surface area (Å²) in [6, 6.07) is 0.356. The summed E-state index contributed by atoms with van der Waals surface area (Å²) >= 11 is 0. The van der Waals surface area contributed by atoms with Crippen LogP contribution in [0.5, 0.6) is 0 Å². The summed E-state index contributed by atoms with van der Waals surface area (Å²) in [6.07, 6.45) is 3.67. The summed E-state index contributed by atoms with van der Waals surface area (Å²) in [5.41, 5.74) is 0. The molecular weight excluding hydrogens is 126 g/mol. The second-order valence-corrected chi connectivity index (χ2v) is 2.41. The molecule has 0 aromatic heterocycles. The Labute approximate surface area is 62.9 Å². The van der Waals surface area contributed by atoms with E-state index < -0.39 is 0 Å². The normalized spacial score (nSPS) is 10.9. The van der Waals surface area contributed by atoms with Gasteiger partial charge in [0.25, 0.3) is 0 Å². The van der Waals surface area contributed by atoms with E-state index in [4.69, 9.17) is 5.84 Å². The number of nitrogens with one attached hydrogen (secondary N) is 1. The lowest BCUT2D eigenvalue weighted by atomic mass is 10.4. The summed E-state index contributed by atoms with van der Waals surface area (Å²) in [7, 11) is 0. The van der Waals surface area contributed by atoms with Crippen molar-refractivity contribution in [3.8, 4) is 0 Å². The minimum atomic E-state index is 0.356. The highest BCUT2D eigenvalue weighted by Crippen LogP contribution is 1.88. The predicted molar refractivity (Wildman–Crippen MR) is 44.0 cm³/mol. The maximum atomic E-state index is 5.56. The first-order valence-electron chi connectivity index (χ1n) is 3.61. The van der Waals surface area contributed by atoms with E-state index >= 15 is 0 Å². The maximum Gasteiger partial charge on any atom is 0.0389 e. The van der Waals surface area contributed by atoms with Gasteiger partial charge in [0.1, 0.15) is 0 Å². The van der Waals surface area contributed by atoms with Crippen molar-refractivity contribution >= 4 is 0 Å². The Kier molecular flexibility index (Phi) is 4.76. The first-order valence-corrected chi connectivity index (χ1v) is 3.61. The van der Waals surface area contributed by atoms with Crippen LogP contribution in [0.3, 0.4) is 0 Å². The van der Waals surface area contributed by atoms with E-state index in [9.17, 15) is 0 Å². The molecule has 0 aliphatic heterocycles. The molecule has 0 saturated carbocycles. The van der Waals surface area contributed by atoms with Crippen LogP contribution in [0.2, 0.25) is 0 Å². The van der Waals surface area contributed by atoms with Gasteiger partial charge in [-0.25, -0.2) is 5.84 Å². The Balaban J connectivity index is 3.45. The van der Waals surface area contributed by atoms with Gasteiger partial charge in [0.2, 0.25) is 0 Å². The van der Waals surface area contributed by atoms with Gasteiger partial charge in [-0.1, -0.05) is 0 Å². The monoisotopic (exact) mass is 143 g/mol. The lowest BCUT2D eigenvalue weighted by molar-refractivity contribution is 0.321. The number of nitrogens with two attached hydrogens (primary N) is 1. The van der Waals surface area contributed by atoms with Gasteiger partial charge in [0, 0.05) is 25.0 Å². The molecule has 0 amide bonds. The Bertz CT molecular complexity index is 99.0. The minimum Gasteiger partial charge on any atom is -0.390 e. The van der Waals surface area contributed by atoms with Gasteiger partial charge in [0.05, 0.1) is 0 Å². The summed E-state index contributed by atoms with van der Waals surface area (Å²) in [6.45, 7) is 7.05. The maximum absolute atomic E-state index is 5.56. The van der Waals surface area contributed by atoms with Crippen molar-refractivity contribution in [2.75, 3.05) is 6.54 Å². The highest BCUT2D eigenvalue weighted by atomic mass is 15.4. The van der Waals surface area contributed by atoms with Crippen LogP contribution in [0.25, 0.3) is 0 Å². The number of hydrazine groups is 1.